The number of nitrogens with zero attached hydrogens (tertiary/aromatic N) is 1. The first-order valence-electron chi connectivity index (χ1n) is 7.71. The molecule has 0 atom stereocenters. The van der Waals surface area contributed by atoms with E-state index in [-0.39, 0.29) is 5.56 Å². The van der Waals surface area contributed by atoms with E-state index in [1.54, 1.807) is 23.5 Å². The van der Waals surface area contributed by atoms with Crippen LogP contribution in [0.15, 0.2) is 57.6 Å². The zero-order valence-electron chi connectivity index (χ0n) is 14.5. The zero-order valence-corrected chi connectivity index (χ0v) is 16.9. The van der Waals surface area contributed by atoms with Crippen molar-refractivity contribution < 1.29 is 13.0 Å². The van der Waals surface area contributed by atoms with E-state index < -0.39 is 11.6 Å². The maximum Gasteiger partial charge on any atom is 0.247 e. The molecule has 0 saturated carbocycles. The number of hydrogen-bond donors (Lipinski definition) is 0. The van der Waals surface area contributed by atoms with Crippen LogP contribution in [0, 0.1) is 11.6 Å². The van der Waals surface area contributed by atoms with Crippen molar-refractivity contribution >= 4 is 42.3 Å². The van der Waals surface area contributed by atoms with Gasteiger partial charge in [-0.15, -0.1) is 23.5 Å². The number of benzene rings is 2. The average molecular weight is 412 g/mol. The quantitative estimate of drug-likeness (QED) is 0.271. The van der Waals surface area contributed by atoms with Crippen molar-refractivity contribution in [1.29, 1.82) is 0 Å². The fraction of sp³-hybridized carbons (Fsp3) is 0.211. The highest BCUT2D eigenvalue weighted by molar-refractivity contribution is 8.22. The minimum Gasteiger partial charge on any atom is -0.404 e. The van der Waals surface area contributed by atoms with Gasteiger partial charge in [-0.05, 0) is 48.7 Å². The van der Waals surface area contributed by atoms with Gasteiger partial charge in [0.05, 0.1) is 12.0 Å². The fourth-order valence-corrected chi connectivity index (χ4v) is 4.40. The summed E-state index contributed by atoms with van der Waals surface area (Å²) in [7, 11) is 0. The van der Waals surface area contributed by atoms with E-state index in [0.717, 1.165) is 34.1 Å². The highest BCUT2D eigenvalue weighted by atomic mass is 32.2. The monoisotopic (exact) mass is 411 g/mol. The molecule has 0 aliphatic carbocycles. The van der Waals surface area contributed by atoms with Crippen LogP contribution in [0.2, 0.25) is 0 Å². The summed E-state index contributed by atoms with van der Waals surface area (Å²) in [5.41, 5.74) is 2.06. The Labute approximate surface area is 165 Å². The summed E-state index contributed by atoms with van der Waals surface area (Å²) in [6, 6.07) is 11.0. The van der Waals surface area contributed by atoms with Gasteiger partial charge < -0.3 is 4.18 Å². The molecule has 2 nitrogen and oxygen atoms in total. The van der Waals surface area contributed by atoms with Gasteiger partial charge in [0.1, 0.15) is 15.9 Å². The van der Waals surface area contributed by atoms with Crippen molar-refractivity contribution in [2.24, 2.45) is 4.99 Å². The number of aryl methyl sites for hydroxylation is 1. The summed E-state index contributed by atoms with van der Waals surface area (Å²) in [4.78, 5) is 3.91. The highest BCUT2D eigenvalue weighted by Crippen LogP contribution is 2.33. The maximum atomic E-state index is 13.9. The molecule has 26 heavy (non-hydrogen) atoms. The van der Waals surface area contributed by atoms with E-state index >= 15 is 0 Å². The van der Waals surface area contributed by atoms with Crippen LogP contribution in [-0.2, 0) is 10.6 Å². The molecular weight excluding hydrogens is 392 g/mol. The molecule has 7 heteroatoms. The van der Waals surface area contributed by atoms with Crippen molar-refractivity contribution in [2.45, 2.75) is 6.42 Å². The minimum absolute atomic E-state index is 0.273. The second kappa shape index (κ2) is 10.6. The Morgan fingerprint density at radius 1 is 1.12 bits per heavy atom. The highest BCUT2D eigenvalue weighted by Gasteiger charge is 2.09. The topological polar surface area (TPSA) is 21.6 Å². The van der Waals surface area contributed by atoms with E-state index in [0.29, 0.717) is 11.4 Å². The van der Waals surface area contributed by atoms with Gasteiger partial charge in [-0.3, -0.25) is 0 Å². The molecule has 2 rings (SSSR count). The third-order valence-electron chi connectivity index (χ3n) is 3.48. The minimum atomic E-state index is -0.447. The molecule has 0 amide bonds. The smallest absolute Gasteiger partial charge is 0.247 e. The van der Waals surface area contributed by atoms with Crippen LogP contribution in [0.3, 0.4) is 0 Å². The molecule has 0 spiro atoms. The normalized spacial score (nSPS) is 11.8. The van der Waals surface area contributed by atoms with Crippen molar-refractivity contribution in [3.63, 3.8) is 0 Å². The molecule has 0 heterocycles. The standard InChI is InChI=1S/C19H19F2NOS3/c1-22-18(23-25-3)19(24-2)26-11-10-13-4-6-14(7-5-13)16-12-15(20)8-9-17(16)21/h4-9,12H,1,10-11H2,2-3H3/b19-18+. The third kappa shape index (κ3) is 5.79. The van der Waals surface area contributed by atoms with Gasteiger partial charge in [-0.1, -0.05) is 24.3 Å². The first kappa shape index (κ1) is 20.9. The van der Waals surface area contributed by atoms with Crippen molar-refractivity contribution in [2.75, 3.05) is 18.3 Å². The summed E-state index contributed by atoms with van der Waals surface area (Å²) in [5, 5.41) is 0. The van der Waals surface area contributed by atoms with Crippen LogP contribution in [0.25, 0.3) is 11.1 Å². The largest absolute Gasteiger partial charge is 0.404 e. The second-order valence-electron chi connectivity index (χ2n) is 5.12. The fourth-order valence-electron chi connectivity index (χ4n) is 2.24. The van der Waals surface area contributed by atoms with Gasteiger partial charge in [-0.2, -0.15) is 0 Å². The van der Waals surface area contributed by atoms with Crippen LogP contribution >= 0.6 is 35.6 Å². The zero-order chi connectivity index (χ0) is 18.9. The number of rotatable bonds is 9. The SMILES string of the molecule is C=N/C(OSC)=C(/SC)SCCc1ccc(-c2cc(F)ccc2F)cc1. The van der Waals surface area contributed by atoms with E-state index in [2.05, 4.69) is 11.7 Å². The predicted molar refractivity (Wildman–Crippen MR) is 113 cm³/mol. The Morgan fingerprint density at radius 3 is 2.46 bits per heavy atom. The Balaban J connectivity index is 2.01. The number of halogens is 2. The lowest BCUT2D eigenvalue weighted by atomic mass is 10.0. The van der Waals surface area contributed by atoms with Gasteiger partial charge in [0.2, 0.25) is 5.88 Å². The average Bonchev–Trinajstić information content (AvgIpc) is 2.66. The Morgan fingerprint density at radius 2 is 1.85 bits per heavy atom. The molecule has 0 bridgehead atoms. The molecule has 2 aromatic carbocycles. The summed E-state index contributed by atoms with van der Waals surface area (Å²) in [6.45, 7) is 3.54. The van der Waals surface area contributed by atoms with Crippen LogP contribution in [0.5, 0.6) is 0 Å². The lowest BCUT2D eigenvalue weighted by Crippen LogP contribution is -1.92. The lowest BCUT2D eigenvalue weighted by Gasteiger charge is -2.09. The summed E-state index contributed by atoms with van der Waals surface area (Å²) in [5.74, 6) is 0.507. The van der Waals surface area contributed by atoms with Gasteiger partial charge in [0, 0.05) is 17.6 Å². The number of thioether (sulfide) groups is 2. The molecule has 2 aromatic rings. The molecule has 0 aromatic heterocycles. The van der Waals surface area contributed by atoms with E-state index in [9.17, 15) is 8.78 Å². The van der Waals surface area contributed by atoms with Crippen molar-refractivity contribution in [3.8, 4) is 11.1 Å². The molecular formula is C19H19F2NOS3. The van der Waals surface area contributed by atoms with Crippen LogP contribution in [0.4, 0.5) is 8.78 Å². The maximum absolute atomic E-state index is 13.9. The van der Waals surface area contributed by atoms with Crippen molar-refractivity contribution in [1.82, 2.24) is 0 Å². The molecule has 0 aliphatic rings. The summed E-state index contributed by atoms with van der Waals surface area (Å²) >= 11 is 4.46. The summed E-state index contributed by atoms with van der Waals surface area (Å²) in [6.07, 6.45) is 4.64. The lowest BCUT2D eigenvalue weighted by molar-refractivity contribution is 0.497. The molecule has 0 radical (unpaired) electrons. The van der Waals surface area contributed by atoms with Gasteiger partial charge in [0.25, 0.3) is 0 Å². The Hall–Kier alpha value is -1.44. The summed E-state index contributed by atoms with van der Waals surface area (Å²) < 4.78 is 33.6. The van der Waals surface area contributed by atoms with E-state index in [1.807, 2.05) is 36.8 Å². The van der Waals surface area contributed by atoms with E-state index in [4.69, 9.17) is 4.18 Å². The molecule has 138 valence electrons. The van der Waals surface area contributed by atoms with Crippen LogP contribution < -0.4 is 0 Å². The number of aliphatic imine (C=N–C) groups is 1. The molecule has 0 unspecified atom stereocenters. The molecule has 0 aliphatic heterocycles. The van der Waals surface area contributed by atoms with Gasteiger partial charge in [0.15, 0.2) is 0 Å². The van der Waals surface area contributed by atoms with Gasteiger partial charge >= 0.3 is 0 Å². The third-order valence-corrected chi connectivity index (χ3v) is 6.05. The Kier molecular flexibility index (Phi) is 8.54. The van der Waals surface area contributed by atoms with Crippen LogP contribution in [-0.4, -0.2) is 25.0 Å². The number of hydrogen-bond acceptors (Lipinski definition) is 5. The Bertz CT molecular complexity index is 779. The molecule has 0 fully saturated rings. The predicted octanol–water partition coefficient (Wildman–Crippen LogP) is 6.39. The van der Waals surface area contributed by atoms with E-state index in [1.165, 1.54) is 18.1 Å². The molecule has 0 saturated heterocycles. The first-order chi connectivity index (χ1) is 12.6. The second-order valence-corrected chi connectivity index (χ2v) is 7.80. The van der Waals surface area contributed by atoms with Crippen molar-refractivity contribution in [3.05, 3.63) is 69.8 Å². The van der Waals surface area contributed by atoms with Gasteiger partial charge in [-0.25, -0.2) is 13.8 Å². The van der Waals surface area contributed by atoms with Crippen LogP contribution in [0.1, 0.15) is 5.56 Å². The first-order valence-corrected chi connectivity index (χ1v) is 11.1. The molecule has 0 N–H and O–H groups in total.